The Balaban J connectivity index is 1.77. The number of unbranched alkanes of at least 4 members (excludes halogenated alkanes) is 8. The van der Waals surface area contributed by atoms with E-state index in [1.54, 1.807) is 15.9 Å². The molecule has 3 rings (SSSR count). The van der Waals surface area contributed by atoms with E-state index in [2.05, 4.69) is 97.9 Å². The Kier molecular flexibility index (Phi) is 9.65. The van der Waals surface area contributed by atoms with Crippen molar-refractivity contribution in [3.05, 3.63) is 91.0 Å². The van der Waals surface area contributed by atoms with E-state index < -0.39 is 7.26 Å². The van der Waals surface area contributed by atoms with Crippen LogP contribution in [-0.2, 0) is 0 Å². The maximum atomic E-state index is 2.37. The van der Waals surface area contributed by atoms with Crippen molar-refractivity contribution in [1.82, 2.24) is 0 Å². The first-order valence-electron chi connectivity index (χ1n) is 12.0. The zero-order chi connectivity index (χ0) is 20.9. The van der Waals surface area contributed by atoms with Crippen LogP contribution in [0.2, 0.25) is 0 Å². The van der Waals surface area contributed by atoms with Gasteiger partial charge in [0, 0.05) is 0 Å². The molecule has 0 unspecified atom stereocenters. The van der Waals surface area contributed by atoms with Crippen molar-refractivity contribution in [1.29, 1.82) is 0 Å². The molecule has 0 atom stereocenters. The van der Waals surface area contributed by atoms with Gasteiger partial charge in [0.1, 0.15) is 0 Å². The number of hydrogen-bond acceptors (Lipinski definition) is 0. The van der Waals surface area contributed by atoms with Gasteiger partial charge < -0.3 is 0 Å². The second kappa shape index (κ2) is 12.7. The molecule has 0 heterocycles. The molecule has 0 aliphatic heterocycles. The third kappa shape index (κ3) is 6.05. The van der Waals surface area contributed by atoms with Crippen LogP contribution in [0.3, 0.4) is 0 Å². The standard InChI is InChI=1S/C29H39P/c1-2-3-4-5-6-7-8-9-19-26-30(27-20-13-10-14-21-27,28-22-15-11-16-23-28)29-24-17-12-18-25-29/h10-18,20-25,30H,2-9,19,26H2,1H3. The van der Waals surface area contributed by atoms with Gasteiger partial charge in [0.15, 0.2) is 0 Å². The topological polar surface area (TPSA) is 0 Å². The monoisotopic (exact) mass is 418 g/mol. The van der Waals surface area contributed by atoms with Crippen molar-refractivity contribution in [3.8, 4) is 0 Å². The Morgan fingerprint density at radius 3 is 1.13 bits per heavy atom. The first-order valence-corrected chi connectivity index (χ1v) is 14.2. The predicted molar refractivity (Wildman–Crippen MR) is 139 cm³/mol. The number of hydrogen-bond donors (Lipinski definition) is 0. The summed E-state index contributed by atoms with van der Waals surface area (Å²) in [5, 5.41) is 4.63. The quantitative estimate of drug-likeness (QED) is 0.203. The molecule has 0 bridgehead atoms. The third-order valence-corrected chi connectivity index (χ3v) is 11.5. The molecule has 0 amide bonds. The second-order valence-corrected chi connectivity index (χ2v) is 12.6. The Bertz CT molecular complexity index is 714. The molecule has 0 saturated carbocycles. The maximum absolute atomic E-state index is 2.37. The average molecular weight is 419 g/mol. The van der Waals surface area contributed by atoms with Gasteiger partial charge in [-0.25, -0.2) is 0 Å². The van der Waals surface area contributed by atoms with Gasteiger partial charge >= 0.3 is 185 Å². The first-order chi connectivity index (χ1) is 14.9. The fourth-order valence-corrected chi connectivity index (χ4v) is 9.73. The molecule has 0 saturated heterocycles. The van der Waals surface area contributed by atoms with Crippen LogP contribution in [0.1, 0.15) is 64.7 Å². The average Bonchev–Trinajstić information content (AvgIpc) is 2.82. The van der Waals surface area contributed by atoms with Gasteiger partial charge in [0.25, 0.3) is 0 Å². The Labute approximate surface area is 185 Å². The van der Waals surface area contributed by atoms with E-state index in [0.29, 0.717) is 0 Å². The summed E-state index contributed by atoms with van der Waals surface area (Å²) in [5.74, 6) is 0. The zero-order valence-electron chi connectivity index (χ0n) is 18.7. The van der Waals surface area contributed by atoms with Gasteiger partial charge in [-0.15, -0.1) is 0 Å². The van der Waals surface area contributed by atoms with E-state index in [1.807, 2.05) is 0 Å². The Morgan fingerprint density at radius 2 is 0.767 bits per heavy atom. The zero-order valence-corrected chi connectivity index (χ0v) is 19.7. The summed E-state index contributed by atoms with van der Waals surface area (Å²) >= 11 is 0. The van der Waals surface area contributed by atoms with Crippen LogP contribution in [0.5, 0.6) is 0 Å². The summed E-state index contributed by atoms with van der Waals surface area (Å²) in [6.07, 6.45) is 13.8. The fourth-order valence-electron chi connectivity index (χ4n) is 4.80. The molecule has 0 N–H and O–H groups in total. The summed E-state index contributed by atoms with van der Waals surface area (Å²) in [5.41, 5.74) is 0. The van der Waals surface area contributed by atoms with Gasteiger partial charge in [0.2, 0.25) is 0 Å². The van der Waals surface area contributed by atoms with Crippen molar-refractivity contribution in [2.24, 2.45) is 0 Å². The van der Waals surface area contributed by atoms with Crippen LogP contribution in [0.15, 0.2) is 91.0 Å². The van der Waals surface area contributed by atoms with Gasteiger partial charge in [-0.2, -0.15) is 0 Å². The summed E-state index contributed by atoms with van der Waals surface area (Å²) in [7, 11) is -2.01. The van der Waals surface area contributed by atoms with E-state index >= 15 is 0 Å². The Morgan fingerprint density at radius 1 is 0.433 bits per heavy atom. The van der Waals surface area contributed by atoms with Gasteiger partial charge in [-0.1, -0.05) is 0 Å². The van der Waals surface area contributed by atoms with E-state index in [1.165, 1.54) is 63.9 Å². The van der Waals surface area contributed by atoms with E-state index in [9.17, 15) is 0 Å². The van der Waals surface area contributed by atoms with Crippen LogP contribution in [-0.4, -0.2) is 6.16 Å². The number of rotatable bonds is 13. The van der Waals surface area contributed by atoms with E-state index in [0.717, 1.165) is 0 Å². The molecule has 30 heavy (non-hydrogen) atoms. The number of benzene rings is 3. The third-order valence-electron chi connectivity index (χ3n) is 6.46. The normalized spacial score (nSPS) is 12.0. The molecule has 1 heteroatoms. The van der Waals surface area contributed by atoms with Gasteiger partial charge in [0.05, 0.1) is 0 Å². The molecule has 0 radical (unpaired) electrons. The summed E-state index contributed by atoms with van der Waals surface area (Å²) in [6, 6.07) is 34.0. The molecule has 0 fully saturated rings. The summed E-state index contributed by atoms with van der Waals surface area (Å²) in [4.78, 5) is 0. The van der Waals surface area contributed by atoms with Crippen molar-refractivity contribution in [2.45, 2.75) is 64.7 Å². The van der Waals surface area contributed by atoms with Gasteiger partial charge in [-0.05, 0) is 0 Å². The Hall–Kier alpha value is -1.91. The SMILES string of the molecule is CCCCCCCCCCC[PH](c1ccccc1)(c1ccccc1)c1ccccc1. The molecule has 0 spiro atoms. The molecule has 160 valence electrons. The minimum absolute atomic E-state index is 1.29. The molecule has 3 aromatic carbocycles. The van der Waals surface area contributed by atoms with Crippen LogP contribution >= 0.6 is 7.26 Å². The fraction of sp³-hybridized carbons (Fsp3) is 0.379. The van der Waals surface area contributed by atoms with Crippen molar-refractivity contribution in [3.63, 3.8) is 0 Å². The van der Waals surface area contributed by atoms with Crippen molar-refractivity contribution >= 4 is 23.2 Å². The van der Waals surface area contributed by atoms with Crippen molar-refractivity contribution < 1.29 is 0 Å². The van der Waals surface area contributed by atoms with E-state index in [-0.39, 0.29) is 0 Å². The molecular weight excluding hydrogens is 379 g/mol. The second-order valence-electron chi connectivity index (χ2n) is 8.58. The van der Waals surface area contributed by atoms with Crippen molar-refractivity contribution in [2.75, 3.05) is 6.16 Å². The molecular formula is C29H39P. The summed E-state index contributed by atoms with van der Waals surface area (Å²) < 4.78 is 0. The minimum atomic E-state index is -2.01. The van der Waals surface area contributed by atoms with Gasteiger partial charge in [-0.3, -0.25) is 0 Å². The van der Waals surface area contributed by atoms with Crippen LogP contribution in [0.25, 0.3) is 0 Å². The molecule has 3 aromatic rings. The first kappa shape index (κ1) is 22.8. The molecule has 0 nitrogen and oxygen atoms in total. The van der Waals surface area contributed by atoms with Crippen LogP contribution < -0.4 is 15.9 Å². The molecule has 0 aliphatic rings. The molecule has 0 aliphatic carbocycles. The van der Waals surface area contributed by atoms with Crippen LogP contribution in [0.4, 0.5) is 0 Å². The molecule has 0 aromatic heterocycles. The van der Waals surface area contributed by atoms with E-state index in [4.69, 9.17) is 0 Å². The predicted octanol–water partition coefficient (Wildman–Crippen LogP) is 7.24. The summed E-state index contributed by atoms with van der Waals surface area (Å²) in [6.45, 7) is 2.29. The van der Waals surface area contributed by atoms with Crippen LogP contribution in [0, 0.1) is 0 Å².